The first-order valence-electron chi connectivity index (χ1n) is 7.16. The maximum atomic E-state index is 12.4. The highest BCUT2D eigenvalue weighted by Crippen LogP contribution is 2.20. The molecule has 2 aromatic carbocycles. The van der Waals surface area contributed by atoms with Crippen molar-refractivity contribution in [1.29, 1.82) is 0 Å². The van der Waals surface area contributed by atoms with Crippen molar-refractivity contribution in [1.82, 2.24) is 4.98 Å². The summed E-state index contributed by atoms with van der Waals surface area (Å²) in [7, 11) is 1.31. The van der Waals surface area contributed by atoms with Crippen molar-refractivity contribution < 1.29 is 14.3 Å². The van der Waals surface area contributed by atoms with Crippen LogP contribution in [0, 0.1) is 6.92 Å². The number of carbonyl (C=O) groups is 2. The minimum absolute atomic E-state index is 0.310. The Morgan fingerprint density at radius 2 is 1.87 bits per heavy atom. The fourth-order valence-electron chi connectivity index (χ4n) is 2.44. The molecule has 0 spiro atoms. The van der Waals surface area contributed by atoms with Gasteiger partial charge in [-0.3, -0.25) is 4.79 Å². The molecule has 23 heavy (non-hydrogen) atoms. The molecule has 0 aliphatic carbocycles. The normalized spacial score (nSPS) is 10.5. The summed E-state index contributed by atoms with van der Waals surface area (Å²) < 4.78 is 4.73. The van der Waals surface area contributed by atoms with E-state index in [1.807, 2.05) is 25.1 Å². The lowest BCUT2D eigenvalue weighted by molar-refractivity contribution is 0.0602. The highest BCUT2D eigenvalue weighted by atomic mass is 16.5. The summed E-state index contributed by atoms with van der Waals surface area (Å²) in [5.41, 5.74) is 3.18. The van der Waals surface area contributed by atoms with Gasteiger partial charge in [-0.25, -0.2) is 4.79 Å². The van der Waals surface area contributed by atoms with Crippen LogP contribution in [0.3, 0.4) is 0 Å². The molecule has 116 valence electrons. The molecule has 2 N–H and O–H groups in total. The first-order valence-corrected chi connectivity index (χ1v) is 7.16. The van der Waals surface area contributed by atoms with Crippen molar-refractivity contribution in [3.8, 4) is 0 Å². The van der Waals surface area contributed by atoms with Gasteiger partial charge in [-0.15, -0.1) is 0 Å². The van der Waals surface area contributed by atoms with Crippen molar-refractivity contribution in [2.24, 2.45) is 0 Å². The molecule has 0 atom stereocenters. The molecule has 0 aliphatic rings. The van der Waals surface area contributed by atoms with Gasteiger partial charge in [0, 0.05) is 10.9 Å². The van der Waals surface area contributed by atoms with Gasteiger partial charge in [0.1, 0.15) is 5.69 Å². The molecule has 5 heteroatoms. The predicted molar refractivity (Wildman–Crippen MR) is 88.8 cm³/mol. The third kappa shape index (κ3) is 2.94. The molecule has 0 bridgehead atoms. The van der Waals surface area contributed by atoms with Crippen molar-refractivity contribution >= 4 is 28.5 Å². The smallest absolute Gasteiger partial charge is 0.339 e. The number of rotatable bonds is 3. The first-order chi connectivity index (χ1) is 11.1. The summed E-state index contributed by atoms with van der Waals surface area (Å²) in [6, 6.07) is 14.4. The van der Waals surface area contributed by atoms with Crippen LogP contribution in [-0.2, 0) is 4.74 Å². The third-order valence-corrected chi connectivity index (χ3v) is 3.60. The standard InChI is InChI=1S/C18H16N2O3/c1-11-7-8-14-12(9-11)10-16(19-14)17(21)20-15-6-4-3-5-13(15)18(22)23-2/h3-10,19H,1-2H3,(H,20,21). The van der Waals surface area contributed by atoms with E-state index >= 15 is 0 Å². The monoisotopic (exact) mass is 308 g/mol. The van der Waals surface area contributed by atoms with E-state index in [2.05, 4.69) is 10.3 Å². The number of aryl methyl sites for hydroxylation is 1. The van der Waals surface area contributed by atoms with Gasteiger partial charge in [-0.05, 0) is 37.3 Å². The zero-order chi connectivity index (χ0) is 16.4. The number of fused-ring (bicyclic) bond motifs is 1. The highest BCUT2D eigenvalue weighted by Gasteiger charge is 2.15. The highest BCUT2D eigenvalue weighted by molar-refractivity contribution is 6.09. The largest absolute Gasteiger partial charge is 0.465 e. The molecule has 0 fully saturated rings. The fraction of sp³-hybridized carbons (Fsp3) is 0.111. The molecular weight excluding hydrogens is 292 g/mol. The number of aromatic amines is 1. The van der Waals surface area contributed by atoms with Crippen molar-refractivity contribution in [3.05, 3.63) is 65.4 Å². The zero-order valence-electron chi connectivity index (χ0n) is 12.8. The number of para-hydroxylation sites is 1. The SMILES string of the molecule is COC(=O)c1ccccc1NC(=O)c1cc2cc(C)ccc2[nH]1. The second-order valence-electron chi connectivity index (χ2n) is 5.27. The van der Waals surface area contributed by atoms with E-state index in [9.17, 15) is 9.59 Å². The Labute approximate surface area is 133 Å². The number of ether oxygens (including phenoxy) is 1. The van der Waals surface area contributed by atoms with Gasteiger partial charge in [0.2, 0.25) is 0 Å². The number of amides is 1. The van der Waals surface area contributed by atoms with Crippen molar-refractivity contribution in [3.63, 3.8) is 0 Å². The molecule has 0 radical (unpaired) electrons. The quantitative estimate of drug-likeness (QED) is 0.727. The van der Waals surface area contributed by atoms with E-state index in [-0.39, 0.29) is 5.91 Å². The molecule has 3 rings (SSSR count). The summed E-state index contributed by atoms with van der Waals surface area (Å²) in [5, 5.41) is 3.72. The second-order valence-corrected chi connectivity index (χ2v) is 5.27. The van der Waals surface area contributed by atoms with Crippen LogP contribution in [0.15, 0.2) is 48.5 Å². The Bertz CT molecular complexity index is 896. The fourth-order valence-corrected chi connectivity index (χ4v) is 2.44. The number of methoxy groups -OCH3 is 1. The van der Waals surface area contributed by atoms with Gasteiger partial charge < -0.3 is 15.0 Å². The van der Waals surface area contributed by atoms with Crippen LogP contribution < -0.4 is 5.32 Å². The molecule has 5 nitrogen and oxygen atoms in total. The number of carbonyl (C=O) groups excluding carboxylic acids is 2. The lowest BCUT2D eigenvalue weighted by Crippen LogP contribution is -2.15. The molecule has 0 aliphatic heterocycles. The summed E-state index contributed by atoms with van der Waals surface area (Å²) in [4.78, 5) is 27.3. The summed E-state index contributed by atoms with van der Waals surface area (Å²) in [5.74, 6) is -0.802. The molecular formula is C18H16N2O3. The average molecular weight is 308 g/mol. The minimum Gasteiger partial charge on any atom is -0.465 e. The van der Waals surface area contributed by atoms with E-state index in [0.717, 1.165) is 16.5 Å². The first kappa shape index (κ1) is 14.8. The lowest BCUT2D eigenvalue weighted by atomic mass is 10.1. The summed E-state index contributed by atoms with van der Waals surface area (Å²) in [6.45, 7) is 2.00. The Kier molecular flexibility index (Phi) is 3.85. The van der Waals surface area contributed by atoms with Crippen molar-refractivity contribution in [2.75, 3.05) is 12.4 Å². The molecule has 1 heterocycles. The number of hydrogen-bond acceptors (Lipinski definition) is 3. The predicted octanol–water partition coefficient (Wildman–Crippen LogP) is 3.52. The van der Waals surface area contributed by atoms with E-state index in [1.165, 1.54) is 7.11 Å². The number of nitrogens with one attached hydrogen (secondary N) is 2. The Morgan fingerprint density at radius 3 is 2.65 bits per heavy atom. The molecule has 1 amide bonds. The number of esters is 1. The van der Waals surface area contributed by atoms with E-state index < -0.39 is 5.97 Å². The molecule has 3 aromatic rings. The van der Waals surface area contributed by atoms with E-state index in [1.54, 1.807) is 30.3 Å². The molecule has 1 aromatic heterocycles. The van der Waals surface area contributed by atoms with Crippen LogP contribution in [0.5, 0.6) is 0 Å². The summed E-state index contributed by atoms with van der Waals surface area (Å²) in [6.07, 6.45) is 0. The van der Waals surface area contributed by atoms with E-state index in [0.29, 0.717) is 16.9 Å². The lowest BCUT2D eigenvalue weighted by Gasteiger charge is -2.08. The molecule has 0 saturated heterocycles. The topological polar surface area (TPSA) is 71.2 Å². The van der Waals surface area contributed by atoms with Gasteiger partial charge >= 0.3 is 5.97 Å². The van der Waals surface area contributed by atoms with Gasteiger partial charge in [0.15, 0.2) is 0 Å². The zero-order valence-corrected chi connectivity index (χ0v) is 12.8. The number of aromatic nitrogens is 1. The maximum Gasteiger partial charge on any atom is 0.339 e. The Balaban J connectivity index is 1.90. The minimum atomic E-state index is -0.492. The van der Waals surface area contributed by atoms with E-state index in [4.69, 9.17) is 4.74 Å². The van der Waals surface area contributed by atoms with Crippen LogP contribution in [0.1, 0.15) is 26.4 Å². The van der Waals surface area contributed by atoms with Crippen molar-refractivity contribution in [2.45, 2.75) is 6.92 Å². The maximum absolute atomic E-state index is 12.4. The number of hydrogen-bond donors (Lipinski definition) is 2. The molecule has 0 unspecified atom stereocenters. The van der Waals surface area contributed by atoms with Crippen LogP contribution in [0.4, 0.5) is 5.69 Å². The number of anilines is 1. The Hall–Kier alpha value is -3.08. The van der Waals surface area contributed by atoms with Crippen LogP contribution >= 0.6 is 0 Å². The van der Waals surface area contributed by atoms with Crippen LogP contribution in [0.25, 0.3) is 10.9 Å². The average Bonchev–Trinajstić information content (AvgIpc) is 2.98. The number of H-pyrrole nitrogens is 1. The van der Waals surface area contributed by atoms with Crippen LogP contribution in [0.2, 0.25) is 0 Å². The second kappa shape index (κ2) is 5.96. The third-order valence-electron chi connectivity index (χ3n) is 3.60. The van der Waals surface area contributed by atoms with Crippen LogP contribution in [-0.4, -0.2) is 24.0 Å². The van der Waals surface area contributed by atoms with Gasteiger partial charge in [-0.2, -0.15) is 0 Å². The van der Waals surface area contributed by atoms with Gasteiger partial charge in [0.25, 0.3) is 5.91 Å². The summed E-state index contributed by atoms with van der Waals surface area (Å²) >= 11 is 0. The number of benzene rings is 2. The van der Waals surface area contributed by atoms with Gasteiger partial charge in [-0.1, -0.05) is 23.8 Å². The Morgan fingerprint density at radius 1 is 1.09 bits per heavy atom. The molecule has 0 saturated carbocycles. The van der Waals surface area contributed by atoms with Gasteiger partial charge in [0.05, 0.1) is 18.4 Å².